The highest BCUT2D eigenvalue weighted by molar-refractivity contribution is 6.34. The van der Waals surface area contributed by atoms with E-state index < -0.39 is 0 Å². The van der Waals surface area contributed by atoms with E-state index in [-0.39, 0.29) is 10.8 Å². The summed E-state index contributed by atoms with van der Waals surface area (Å²) >= 11 is 6.02. The number of halogens is 1. The van der Waals surface area contributed by atoms with Gasteiger partial charge in [-0.2, -0.15) is 0 Å². The molecule has 0 heterocycles. The fourth-order valence-corrected chi connectivity index (χ4v) is 2.02. The molecule has 0 unspecified atom stereocenters. The van der Waals surface area contributed by atoms with E-state index >= 15 is 0 Å². The first-order chi connectivity index (χ1) is 9.63. The molecule has 2 aromatic carbocycles. The molecule has 20 heavy (non-hydrogen) atoms. The van der Waals surface area contributed by atoms with Crippen LogP contribution in [-0.2, 0) is 4.84 Å². The first-order valence-electron chi connectivity index (χ1n) is 6.26. The highest BCUT2D eigenvalue weighted by Crippen LogP contribution is 2.37. The van der Waals surface area contributed by atoms with Crippen LogP contribution in [0.1, 0.15) is 13.8 Å². The van der Waals surface area contributed by atoms with E-state index in [0.717, 1.165) is 11.1 Å². The van der Waals surface area contributed by atoms with Gasteiger partial charge >= 0.3 is 0 Å². The van der Waals surface area contributed by atoms with E-state index in [1.807, 2.05) is 56.3 Å². The van der Waals surface area contributed by atoms with Gasteiger partial charge in [-0.05, 0) is 26.0 Å². The highest BCUT2D eigenvalue weighted by Gasteiger charge is 2.09. The Balaban J connectivity index is 2.33. The fraction of sp³-hybridized carbons (Fsp3) is 0.125. The summed E-state index contributed by atoms with van der Waals surface area (Å²) in [5.41, 5.74) is 3.57. The van der Waals surface area contributed by atoms with E-state index in [9.17, 15) is 5.11 Å². The quantitative estimate of drug-likeness (QED) is 0.359. The molecule has 0 amide bonds. The minimum atomic E-state index is 0.0778. The summed E-state index contributed by atoms with van der Waals surface area (Å²) in [6.45, 7) is 3.78. The fourth-order valence-electron chi connectivity index (χ4n) is 1.81. The van der Waals surface area contributed by atoms with Crippen molar-refractivity contribution in [2.75, 3.05) is 5.48 Å². The standard InChI is InChI=1S/C16H16ClNO2/c1-3-4-7-11(2)20-18-15-10-14(17)16(19)13-9-6-5-8-12(13)15/h3-10,18-19H,1-2H3/b4-3-,11-7+. The van der Waals surface area contributed by atoms with Crippen LogP contribution in [0.5, 0.6) is 5.75 Å². The first kappa shape index (κ1) is 14.3. The molecule has 4 heteroatoms. The minimum Gasteiger partial charge on any atom is -0.506 e. The van der Waals surface area contributed by atoms with Gasteiger partial charge in [0.1, 0.15) is 11.5 Å². The van der Waals surface area contributed by atoms with Crippen molar-refractivity contribution in [3.05, 3.63) is 59.3 Å². The van der Waals surface area contributed by atoms with Crippen LogP contribution >= 0.6 is 11.6 Å². The van der Waals surface area contributed by atoms with Crippen molar-refractivity contribution in [2.45, 2.75) is 13.8 Å². The van der Waals surface area contributed by atoms with Gasteiger partial charge in [-0.3, -0.25) is 0 Å². The smallest absolute Gasteiger partial charge is 0.142 e. The van der Waals surface area contributed by atoms with Crippen LogP contribution in [0.3, 0.4) is 0 Å². The third-order valence-corrected chi connectivity index (χ3v) is 3.10. The Hall–Kier alpha value is -2.13. The lowest BCUT2D eigenvalue weighted by Gasteiger charge is -2.12. The number of nitrogens with one attached hydrogen (secondary N) is 1. The van der Waals surface area contributed by atoms with Crippen molar-refractivity contribution in [1.82, 2.24) is 0 Å². The van der Waals surface area contributed by atoms with E-state index in [1.54, 1.807) is 6.07 Å². The maximum atomic E-state index is 9.96. The third kappa shape index (κ3) is 3.06. The number of aromatic hydroxyl groups is 1. The summed E-state index contributed by atoms with van der Waals surface area (Å²) in [5.74, 6) is 0.797. The van der Waals surface area contributed by atoms with Crippen molar-refractivity contribution in [3.63, 3.8) is 0 Å². The summed E-state index contributed by atoms with van der Waals surface area (Å²) in [5, 5.41) is 11.8. The molecule has 0 bridgehead atoms. The Morgan fingerprint density at radius 3 is 2.70 bits per heavy atom. The van der Waals surface area contributed by atoms with Gasteiger partial charge < -0.3 is 9.94 Å². The van der Waals surface area contributed by atoms with Crippen molar-refractivity contribution < 1.29 is 9.94 Å². The number of hydrogen-bond donors (Lipinski definition) is 2. The van der Waals surface area contributed by atoms with Crippen LogP contribution in [0.15, 0.2) is 54.3 Å². The normalized spacial score (nSPS) is 12.1. The van der Waals surface area contributed by atoms with Gasteiger partial charge in [0.2, 0.25) is 0 Å². The summed E-state index contributed by atoms with van der Waals surface area (Å²) in [6, 6.07) is 9.08. The molecule has 0 saturated heterocycles. The maximum absolute atomic E-state index is 9.96. The molecule has 0 fully saturated rings. The van der Waals surface area contributed by atoms with Crippen LogP contribution in [-0.4, -0.2) is 5.11 Å². The van der Waals surface area contributed by atoms with Crippen molar-refractivity contribution in [2.24, 2.45) is 0 Å². The molecule has 0 aliphatic rings. The van der Waals surface area contributed by atoms with E-state index in [1.165, 1.54) is 0 Å². The molecular weight excluding hydrogens is 274 g/mol. The molecule has 0 aromatic heterocycles. The SMILES string of the molecule is C/C=C\C=C(/C)ONc1cc(Cl)c(O)c2ccccc12. The lowest BCUT2D eigenvalue weighted by atomic mass is 10.1. The van der Waals surface area contributed by atoms with Crippen LogP contribution in [0.2, 0.25) is 5.02 Å². The van der Waals surface area contributed by atoms with Crippen LogP contribution in [0.25, 0.3) is 10.8 Å². The second-order valence-corrected chi connectivity index (χ2v) is 4.71. The zero-order valence-electron chi connectivity index (χ0n) is 11.4. The lowest BCUT2D eigenvalue weighted by molar-refractivity contribution is 0.287. The minimum absolute atomic E-state index is 0.0778. The average molecular weight is 290 g/mol. The molecule has 2 rings (SSSR count). The molecule has 2 aromatic rings. The molecular formula is C16H16ClNO2. The van der Waals surface area contributed by atoms with Crippen molar-refractivity contribution in [3.8, 4) is 5.75 Å². The molecule has 0 radical (unpaired) electrons. The number of anilines is 1. The second-order valence-electron chi connectivity index (χ2n) is 4.31. The third-order valence-electron chi connectivity index (χ3n) is 2.81. The number of fused-ring (bicyclic) bond motifs is 1. The van der Waals surface area contributed by atoms with Crippen LogP contribution in [0.4, 0.5) is 5.69 Å². The largest absolute Gasteiger partial charge is 0.506 e. The van der Waals surface area contributed by atoms with Gasteiger partial charge in [-0.25, -0.2) is 5.48 Å². The van der Waals surface area contributed by atoms with Gasteiger partial charge in [0.05, 0.1) is 10.7 Å². The molecule has 0 aliphatic carbocycles. The van der Waals surface area contributed by atoms with Gasteiger partial charge in [0, 0.05) is 10.8 Å². The number of benzene rings is 2. The summed E-state index contributed by atoms with van der Waals surface area (Å²) in [7, 11) is 0. The number of hydrogen-bond acceptors (Lipinski definition) is 3. The van der Waals surface area contributed by atoms with Crippen molar-refractivity contribution >= 4 is 28.1 Å². The lowest BCUT2D eigenvalue weighted by Crippen LogP contribution is -2.00. The zero-order chi connectivity index (χ0) is 14.5. The molecule has 0 saturated carbocycles. The first-order valence-corrected chi connectivity index (χ1v) is 6.64. The molecule has 3 nitrogen and oxygen atoms in total. The van der Waals surface area contributed by atoms with E-state index in [2.05, 4.69) is 5.48 Å². The topological polar surface area (TPSA) is 41.5 Å². The Morgan fingerprint density at radius 2 is 2.00 bits per heavy atom. The Kier molecular flexibility index (Phi) is 4.53. The second kappa shape index (κ2) is 6.35. The zero-order valence-corrected chi connectivity index (χ0v) is 12.1. The summed E-state index contributed by atoms with van der Waals surface area (Å²) in [6.07, 6.45) is 5.65. The monoisotopic (exact) mass is 289 g/mol. The predicted octanol–water partition coefficient (Wildman–Crippen LogP) is 5.02. The Labute approximate surface area is 123 Å². The van der Waals surface area contributed by atoms with E-state index in [4.69, 9.17) is 16.4 Å². The number of allylic oxidation sites excluding steroid dienone is 4. The molecule has 2 N–H and O–H groups in total. The molecule has 0 atom stereocenters. The predicted molar refractivity (Wildman–Crippen MR) is 83.9 cm³/mol. The van der Waals surface area contributed by atoms with Crippen molar-refractivity contribution in [1.29, 1.82) is 0 Å². The maximum Gasteiger partial charge on any atom is 0.142 e. The molecule has 104 valence electrons. The van der Waals surface area contributed by atoms with Gasteiger partial charge in [-0.15, -0.1) is 0 Å². The number of rotatable bonds is 4. The van der Waals surface area contributed by atoms with E-state index in [0.29, 0.717) is 11.1 Å². The van der Waals surface area contributed by atoms with Crippen LogP contribution < -0.4 is 5.48 Å². The van der Waals surface area contributed by atoms with Gasteiger partial charge in [-0.1, -0.05) is 48.0 Å². The summed E-state index contributed by atoms with van der Waals surface area (Å²) in [4.78, 5) is 5.45. The molecule has 0 aliphatic heterocycles. The highest BCUT2D eigenvalue weighted by atomic mass is 35.5. The van der Waals surface area contributed by atoms with Gasteiger partial charge in [0.15, 0.2) is 0 Å². The molecule has 0 spiro atoms. The number of phenolic OH excluding ortho intramolecular Hbond substituents is 1. The average Bonchev–Trinajstić information content (AvgIpc) is 2.47. The summed E-state index contributed by atoms with van der Waals surface area (Å²) < 4.78 is 0. The Morgan fingerprint density at radius 1 is 1.30 bits per heavy atom. The number of phenols is 1. The van der Waals surface area contributed by atoms with Gasteiger partial charge in [0.25, 0.3) is 0 Å². The Bertz CT molecular complexity index is 677. The van der Waals surface area contributed by atoms with Crippen LogP contribution in [0, 0.1) is 0 Å².